The first-order chi connectivity index (χ1) is 8.21. The van der Waals surface area contributed by atoms with Gasteiger partial charge in [-0.05, 0) is 6.07 Å². The van der Waals surface area contributed by atoms with Crippen molar-refractivity contribution in [2.75, 3.05) is 26.8 Å². The minimum Gasteiger partial charge on any atom is -0.507 e. The molecule has 0 spiro atoms. The zero-order valence-electron chi connectivity index (χ0n) is 10.1. The Labute approximate surface area is 102 Å². The summed E-state index contributed by atoms with van der Waals surface area (Å²) < 4.78 is 5.02. The van der Waals surface area contributed by atoms with E-state index >= 15 is 0 Å². The van der Waals surface area contributed by atoms with Crippen molar-refractivity contribution in [1.29, 1.82) is 0 Å². The SMILES string of the molecule is C=CCN(CCO)Cc1ccc(OC)cc1O. The van der Waals surface area contributed by atoms with Crippen LogP contribution < -0.4 is 4.74 Å². The van der Waals surface area contributed by atoms with Crippen molar-refractivity contribution in [2.24, 2.45) is 0 Å². The van der Waals surface area contributed by atoms with Gasteiger partial charge in [-0.15, -0.1) is 6.58 Å². The van der Waals surface area contributed by atoms with Crippen LogP contribution >= 0.6 is 0 Å². The maximum atomic E-state index is 9.81. The number of nitrogens with zero attached hydrogens (tertiary/aromatic N) is 1. The lowest BCUT2D eigenvalue weighted by atomic mass is 10.1. The Kier molecular flexibility index (Phi) is 5.52. The monoisotopic (exact) mass is 237 g/mol. The molecule has 0 aliphatic rings. The van der Waals surface area contributed by atoms with E-state index < -0.39 is 0 Å². The molecular formula is C13H19NO3. The van der Waals surface area contributed by atoms with E-state index in [-0.39, 0.29) is 12.4 Å². The molecule has 1 aromatic rings. The van der Waals surface area contributed by atoms with Crippen LogP contribution in [0.25, 0.3) is 0 Å². The molecule has 4 nitrogen and oxygen atoms in total. The van der Waals surface area contributed by atoms with Crippen molar-refractivity contribution in [1.82, 2.24) is 4.90 Å². The predicted octanol–water partition coefficient (Wildman–Crippen LogP) is 1.38. The molecule has 0 amide bonds. The summed E-state index contributed by atoms with van der Waals surface area (Å²) in [6.45, 7) is 5.55. The third kappa shape index (κ3) is 4.09. The first kappa shape index (κ1) is 13.5. The van der Waals surface area contributed by atoms with E-state index in [1.54, 1.807) is 25.3 Å². The summed E-state index contributed by atoms with van der Waals surface area (Å²) in [4.78, 5) is 1.99. The number of phenols is 1. The highest BCUT2D eigenvalue weighted by atomic mass is 16.5. The second-order valence-corrected chi connectivity index (χ2v) is 3.74. The number of aliphatic hydroxyl groups excluding tert-OH is 1. The van der Waals surface area contributed by atoms with E-state index in [9.17, 15) is 5.11 Å². The number of ether oxygens (including phenoxy) is 1. The molecule has 0 radical (unpaired) electrons. The molecule has 0 saturated heterocycles. The maximum Gasteiger partial charge on any atom is 0.123 e. The minimum atomic E-state index is 0.0881. The van der Waals surface area contributed by atoms with E-state index in [0.717, 1.165) is 5.56 Å². The molecule has 0 aromatic heterocycles. The van der Waals surface area contributed by atoms with Crippen molar-refractivity contribution in [2.45, 2.75) is 6.54 Å². The molecule has 94 valence electrons. The van der Waals surface area contributed by atoms with Gasteiger partial charge in [0.2, 0.25) is 0 Å². The van der Waals surface area contributed by atoms with Gasteiger partial charge < -0.3 is 14.9 Å². The normalized spacial score (nSPS) is 10.5. The Balaban J connectivity index is 2.74. The van der Waals surface area contributed by atoms with E-state index in [2.05, 4.69) is 6.58 Å². The Morgan fingerprint density at radius 2 is 2.24 bits per heavy atom. The predicted molar refractivity (Wildman–Crippen MR) is 67.2 cm³/mol. The number of phenolic OH excluding ortho intramolecular Hbond substituents is 1. The summed E-state index contributed by atoms with van der Waals surface area (Å²) in [6.07, 6.45) is 1.77. The third-order valence-corrected chi connectivity index (χ3v) is 2.49. The van der Waals surface area contributed by atoms with Gasteiger partial charge in [-0.3, -0.25) is 4.90 Å². The van der Waals surface area contributed by atoms with Gasteiger partial charge in [0.25, 0.3) is 0 Å². The first-order valence-corrected chi connectivity index (χ1v) is 5.51. The zero-order valence-corrected chi connectivity index (χ0v) is 10.1. The molecule has 0 aliphatic carbocycles. The van der Waals surface area contributed by atoms with Crippen LogP contribution in [-0.4, -0.2) is 41.9 Å². The fraction of sp³-hybridized carbons (Fsp3) is 0.385. The molecule has 0 heterocycles. The molecule has 2 N–H and O–H groups in total. The Hall–Kier alpha value is -1.52. The zero-order chi connectivity index (χ0) is 12.7. The molecule has 0 saturated carbocycles. The molecule has 0 fully saturated rings. The summed E-state index contributed by atoms with van der Waals surface area (Å²) >= 11 is 0. The van der Waals surface area contributed by atoms with Gasteiger partial charge in [-0.1, -0.05) is 12.1 Å². The average molecular weight is 237 g/mol. The third-order valence-electron chi connectivity index (χ3n) is 2.49. The fourth-order valence-corrected chi connectivity index (χ4v) is 1.60. The molecule has 0 bridgehead atoms. The van der Waals surface area contributed by atoms with E-state index in [1.807, 2.05) is 11.0 Å². The van der Waals surface area contributed by atoms with Crippen LogP contribution in [0.15, 0.2) is 30.9 Å². The van der Waals surface area contributed by atoms with Crippen LogP contribution in [0.4, 0.5) is 0 Å². The van der Waals surface area contributed by atoms with Crippen LogP contribution in [-0.2, 0) is 6.54 Å². The second kappa shape index (κ2) is 6.93. The largest absolute Gasteiger partial charge is 0.507 e. The topological polar surface area (TPSA) is 52.9 Å². The van der Waals surface area contributed by atoms with Gasteiger partial charge in [0.15, 0.2) is 0 Å². The number of aromatic hydroxyl groups is 1. The number of hydrogen-bond acceptors (Lipinski definition) is 4. The lowest BCUT2D eigenvalue weighted by Crippen LogP contribution is -2.26. The number of methoxy groups -OCH3 is 1. The van der Waals surface area contributed by atoms with Gasteiger partial charge in [0.05, 0.1) is 13.7 Å². The fourth-order valence-electron chi connectivity index (χ4n) is 1.60. The van der Waals surface area contributed by atoms with Gasteiger partial charge in [-0.25, -0.2) is 0 Å². The van der Waals surface area contributed by atoms with Crippen molar-refractivity contribution >= 4 is 0 Å². The molecule has 0 unspecified atom stereocenters. The smallest absolute Gasteiger partial charge is 0.123 e. The first-order valence-electron chi connectivity index (χ1n) is 5.51. The highest BCUT2D eigenvalue weighted by Crippen LogP contribution is 2.24. The van der Waals surface area contributed by atoms with Gasteiger partial charge in [-0.2, -0.15) is 0 Å². The van der Waals surface area contributed by atoms with E-state index in [4.69, 9.17) is 9.84 Å². The van der Waals surface area contributed by atoms with E-state index in [0.29, 0.717) is 25.4 Å². The summed E-state index contributed by atoms with van der Waals surface area (Å²) in [5, 5.41) is 18.7. The summed E-state index contributed by atoms with van der Waals surface area (Å²) in [7, 11) is 1.56. The highest BCUT2D eigenvalue weighted by molar-refractivity contribution is 5.39. The Bertz CT molecular complexity index is 366. The van der Waals surface area contributed by atoms with Crippen molar-refractivity contribution < 1.29 is 14.9 Å². The summed E-state index contributed by atoms with van der Waals surface area (Å²) in [6, 6.07) is 5.21. The molecule has 1 aromatic carbocycles. The quantitative estimate of drug-likeness (QED) is 0.703. The maximum absolute atomic E-state index is 9.81. The van der Waals surface area contributed by atoms with Crippen LogP contribution in [0.5, 0.6) is 11.5 Å². The molecular weight excluding hydrogens is 218 g/mol. The second-order valence-electron chi connectivity index (χ2n) is 3.74. The van der Waals surface area contributed by atoms with Gasteiger partial charge in [0, 0.05) is 31.3 Å². The molecule has 1 rings (SSSR count). The van der Waals surface area contributed by atoms with Crippen LogP contribution in [0.2, 0.25) is 0 Å². The van der Waals surface area contributed by atoms with Crippen LogP contribution in [0.1, 0.15) is 5.56 Å². The van der Waals surface area contributed by atoms with Crippen molar-refractivity contribution in [3.05, 3.63) is 36.4 Å². The number of benzene rings is 1. The van der Waals surface area contributed by atoms with Crippen LogP contribution in [0.3, 0.4) is 0 Å². The Morgan fingerprint density at radius 1 is 1.47 bits per heavy atom. The van der Waals surface area contributed by atoms with Gasteiger partial charge >= 0.3 is 0 Å². The van der Waals surface area contributed by atoms with E-state index in [1.165, 1.54) is 0 Å². The molecule has 4 heteroatoms. The van der Waals surface area contributed by atoms with Crippen LogP contribution in [0, 0.1) is 0 Å². The molecule has 17 heavy (non-hydrogen) atoms. The highest BCUT2D eigenvalue weighted by Gasteiger charge is 2.08. The number of hydrogen-bond donors (Lipinski definition) is 2. The summed E-state index contributed by atoms with van der Waals surface area (Å²) in [5.41, 5.74) is 0.807. The number of rotatable bonds is 7. The number of aliphatic hydroxyl groups is 1. The molecule has 0 atom stereocenters. The average Bonchev–Trinajstić information content (AvgIpc) is 2.32. The summed E-state index contributed by atoms with van der Waals surface area (Å²) in [5.74, 6) is 0.833. The van der Waals surface area contributed by atoms with Crippen molar-refractivity contribution in [3.63, 3.8) is 0 Å². The van der Waals surface area contributed by atoms with Gasteiger partial charge in [0.1, 0.15) is 11.5 Å². The Morgan fingerprint density at radius 3 is 2.76 bits per heavy atom. The lowest BCUT2D eigenvalue weighted by molar-refractivity contribution is 0.202. The minimum absolute atomic E-state index is 0.0881. The molecule has 0 aliphatic heterocycles. The standard InChI is InChI=1S/C13H19NO3/c1-3-6-14(7-8-15)10-11-4-5-12(17-2)9-13(11)16/h3-5,9,15-16H,1,6-8,10H2,2H3. The van der Waals surface area contributed by atoms with Crippen molar-refractivity contribution in [3.8, 4) is 11.5 Å². The lowest BCUT2D eigenvalue weighted by Gasteiger charge is -2.20.